The summed E-state index contributed by atoms with van der Waals surface area (Å²) in [6.07, 6.45) is 1.58. The molecular formula is C21H18N4O3. The second-order valence-corrected chi connectivity index (χ2v) is 6.54. The number of hydrogen-bond donors (Lipinski definition) is 2. The van der Waals surface area contributed by atoms with Gasteiger partial charge in [-0.05, 0) is 31.2 Å². The van der Waals surface area contributed by atoms with Gasteiger partial charge in [-0.2, -0.15) is 0 Å². The Morgan fingerprint density at radius 3 is 2.46 bits per heavy atom. The number of carbonyl (C=O) groups is 3. The minimum absolute atomic E-state index is 0.0196. The Balaban J connectivity index is 1.82. The van der Waals surface area contributed by atoms with Gasteiger partial charge < -0.3 is 10.3 Å². The van der Waals surface area contributed by atoms with E-state index in [1.807, 2.05) is 37.3 Å². The molecule has 1 aromatic heterocycles. The van der Waals surface area contributed by atoms with E-state index in [-0.39, 0.29) is 12.1 Å². The molecule has 0 spiro atoms. The highest BCUT2D eigenvalue weighted by Gasteiger charge is 2.34. The van der Waals surface area contributed by atoms with Gasteiger partial charge in [0.15, 0.2) is 0 Å². The van der Waals surface area contributed by atoms with Crippen LogP contribution in [-0.2, 0) is 20.9 Å². The molecule has 3 amide bonds. The lowest BCUT2D eigenvalue weighted by molar-refractivity contribution is -0.119. The van der Waals surface area contributed by atoms with Crippen molar-refractivity contribution in [3.8, 4) is 0 Å². The molecule has 1 aliphatic rings. The Kier molecular flexibility index (Phi) is 4.19. The van der Waals surface area contributed by atoms with Gasteiger partial charge in [0.25, 0.3) is 11.8 Å². The summed E-state index contributed by atoms with van der Waals surface area (Å²) >= 11 is 0. The van der Waals surface area contributed by atoms with Crippen LogP contribution >= 0.6 is 0 Å². The van der Waals surface area contributed by atoms with Crippen LogP contribution in [0.1, 0.15) is 11.3 Å². The Labute approximate surface area is 161 Å². The van der Waals surface area contributed by atoms with E-state index in [0.29, 0.717) is 11.3 Å². The van der Waals surface area contributed by atoms with Gasteiger partial charge in [-0.15, -0.1) is 0 Å². The average molecular weight is 374 g/mol. The number of hydrogen-bond acceptors (Lipinski definition) is 3. The van der Waals surface area contributed by atoms with E-state index in [9.17, 15) is 14.4 Å². The largest absolute Gasteiger partial charge is 0.368 e. The Morgan fingerprint density at radius 2 is 1.75 bits per heavy atom. The summed E-state index contributed by atoms with van der Waals surface area (Å²) in [6, 6.07) is 16.4. The molecule has 3 aromatic rings. The summed E-state index contributed by atoms with van der Waals surface area (Å²) in [4.78, 5) is 36.8. The number of carbonyl (C=O) groups excluding carboxylic acids is 3. The molecule has 2 heterocycles. The van der Waals surface area contributed by atoms with Crippen LogP contribution in [0.3, 0.4) is 0 Å². The zero-order chi connectivity index (χ0) is 19.8. The Bertz CT molecular complexity index is 1150. The molecule has 1 fully saturated rings. The van der Waals surface area contributed by atoms with Crippen molar-refractivity contribution in [3.63, 3.8) is 0 Å². The number of nitrogens with zero attached hydrogens (tertiary/aromatic N) is 2. The van der Waals surface area contributed by atoms with Gasteiger partial charge >= 0.3 is 0 Å². The summed E-state index contributed by atoms with van der Waals surface area (Å²) in [5, 5.41) is 2.07. The van der Waals surface area contributed by atoms with Gasteiger partial charge in [0.05, 0.1) is 5.69 Å². The van der Waals surface area contributed by atoms with Crippen LogP contribution in [0, 0.1) is 6.92 Å². The smallest absolute Gasteiger partial charge is 0.282 e. The predicted octanol–water partition coefficient (Wildman–Crippen LogP) is 1.90. The first kappa shape index (κ1) is 17.5. The number of rotatable bonds is 4. The normalized spacial score (nSPS) is 15.5. The van der Waals surface area contributed by atoms with Crippen LogP contribution in [-0.4, -0.2) is 22.3 Å². The summed E-state index contributed by atoms with van der Waals surface area (Å²) in [6.45, 7) is 1.85. The van der Waals surface area contributed by atoms with Crippen LogP contribution in [0.4, 0.5) is 5.69 Å². The third kappa shape index (κ3) is 2.83. The number of aromatic nitrogens is 1. The maximum absolute atomic E-state index is 12.8. The first-order valence-corrected chi connectivity index (χ1v) is 8.75. The highest BCUT2D eigenvalue weighted by molar-refractivity contribution is 6.32. The lowest BCUT2D eigenvalue weighted by Crippen LogP contribution is -2.35. The van der Waals surface area contributed by atoms with Gasteiger partial charge in [0.2, 0.25) is 5.91 Å². The van der Waals surface area contributed by atoms with Gasteiger partial charge in [-0.3, -0.25) is 19.8 Å². The monoisotopic (exact) mass is 374 g/mol. The van der Waals surface area contributed by atoms with E-state index in [1.165, 1.54) is 5.01 Å². The predicted molar refractivity (Wildman–Crippen MR) is 106 cm³/mol. The zero-order valence-electron chi connectivity index (χ0n) is 15.2. The molecule has 0 aliphatic carbocycles. The van der Waals surface area contributed by atoms with Crippen molar-refractivity contribution in [2.24, 2.45) is 5.73 Å². The lowest BCUT2D eigenvalue weighted by Gasteiger charge is -2.13. The topological polar surface area (TPSA) is 97.4 Å². The minimum atomic E-state index is -0.472. The van der Waals surface area contributed by atoms with Gasteiger partial charge in [0.1, 0.15) is 12.1 Å². The number of nitrogens with one attached hydrogen (secondary N) is 1. The number of anilines is 1. The highest BCUT2D eigenvalue weighted by atomic mass is 16.2. The van der Waals surface area contributed by atoms with Crippen molar-refractivity contribution in [2.75, 3.05) is 5.01 Å². The van der Waals surface area contributed by atoms with Crippen molar-refractivity contribution in [2.45, 2.75) is 13.5 Å². The second-order valence-electron chi connectivity index (χ2n) is 6.54. The minimum Gasteiger partial charge on any atom is -0.368 e. The molecule has 1 aliphatic heterocycles. The summed E-state index contributed by atoms with van der Waals surface area (Å²) in [5.41, 5.74) is 10.9. The molecular weight excluding hydrogens is 356 g/mol. The summed E-state index contributed by atoms with van der Waals surface area (Å²) in [7, 11) is 0. The molecule has 28 heavy (non-hydrogen) atoms. The molecule has 7 heteroatoms. The summed E-state index contributed by atoms with van der Waals surface area (Å²) < 4.78 is 1.79. The molecule has 4 rings (SSSR count). The molecule has 0 saturated carbocycles. The number of benzene rings is 2. The van der Waals surface area contributed by atoms with Crippen LogP contribution in [0.15, 0.2) is 60.2 Å². The molecule has 0 radical (unpaired) electrons. The van der Waals surface area contributed by atoms with Crippen molar-refractivity contribution < 1.29 is 14.4 Å². The van der Waals surface area contributed by atoms with Gasteiger partial charge in [-0.25, -0.2) is 5.01 Å². The van der Waals surface area contributed by atoms with E-state index < -0.39 is 17.7 Å². The van der Waals surface area contributed by atoms with Crippen molar-refractivity contribution in [3.05, 3.63) is 71.4 Å². The molecule has 1 saturated heterocycles. The highest BCUT2D eigenvalue weighted by Crippen LogP contribution is 2.29. The quantitative estimate of drug-likeness (QED) is 0.539. The average Bonchev–Trinajstić information content (AvgIpc) is 3.12. The number of para-hydroxylation sites is 2. The molecule has 0 unspecified atom stereocenters. The van der Waals surface area contributed by atoms with Crippen molar-refractivity contribution in [1.29, 1.82) is 0 Å². The van der Waals surface area contributed by atoms with E-state index in [2.05, 4.69) is 5.43 Å². The van der Waals surface area contributed by atoms with Gasteiger partial charge in [0, 0.05) is 22.2 Å². The molecule has 2 aromatic carbocycles. The van der Waals surface area contributed by atoms with Crippen LogP contribution in [0.2, 0.25) is 0 Å². The number of nitrogens with two attached hydrogens (primary N) is 1. The summed E-state index contributed by atoms with van der Waals surface area (Å²) in [5.74, 6) is -1.37. The molecule has 0 bridgehead atoms. The standard InChI is InChI=1S/C21H18N4O3/c1-13-16(15-9-5-6-10-18(15)24(13)12-19(22)26)11-17-20(27)23-25(21(17)28)14-7-3-2-4-8-14/h2-11H,12H2,1H3,(H2,22,26)(H,23,27)/b17-11-. The van der Waals surface area contributed by atoms with Crippen LogP contribution in [0.25, 0.3) is 17.0 Å². The lowest BCUT2D eigenvalue weighted by atomic mass is 10.1. The third-order valence-electron chi connectivity index (χ3n) is 4.79. The number of fused-ring (bicyclic) bond motifs is 1. The molecule has 3 N–H and O–H groups in total. The van der Waals surface area contributed by atoms with Crippen LogP contribution in [0.5, 0.6) is 0 Å². The fraction of sp³-hybridized carbons (Fsp3) is 0.0952. The van der Waals surface area contributed by atoms with E-state index >= 15 is 0 Å². The van der Waals surface area contributed by atoms with E-state index in [4.69, 9.17) is 5.73 Å². The molecule has 0 atom stereocenters. The van der Waals surface area contributed by atoms with E-state index in [0.717, 1.165) is 16.6 Å². The second kappa shape index (κ2) is 6.70. The molecule has 7 nitrogen and oxygen atoms in total. The SMILES string of the molecule is Cc1c(/C=C2/C(=O)NN(c3ccccc3)C2=O)c2ccccc2n1CC(N)=O. The van der Waals surface area contributed by atoms with E-state index in [1.54, 1.807) is 34.9 Å². The number of hydrazine groups is 1. The number of primary amides is 1. The maximum Gasteiger partial charge on any atom is 0.282 e. The maximum atomic E-state index is 12.8. The van der Waals surface area contributed by atoms with Crippen LogP contribution < -0.4 is 16.2 Å². The van der Waals surface area contributed by atoms with Crippen molar-refractivity contribution >= 4 is 40.4 Å². The molecule has 140 valence electrons. The fourth-order valence-electron chi connectivity index (χ4n) is 3.46. The fourth-order valence-corrected chi connectivity index (χ4v) is 3.46. The first-order valence-electron chi connectivity index (χ1n) is 8.75. The number of amides is 3. The Hall–Kier alpha value is -3.87. The van der Waals surface area contributed by atoms with Crippen molar-refractivity contribution in [1.82, 2.24) is 9.99 Å². The first-order chi connectivity index (χ1) is 13.5. The zero-order valence-corrected chi connectivity index (χ0v) is 15.2. The Morgan fingerprint density at radius 1 is 1.07 bits per heavy atom. The third-order valence-corrected chi connectivity index (χ3v) is 4.79. The van der Waals surface area contributed by atoms with Gasteiger partial charge in [-0.1, -0.05) is 36.4 Å².